The Balaban J connectivity index is 1.67. The number of phenols is 2. The topological polar surface area (TPSA) is 76.0 Å². The zero-order chi connectivity index (χ0) is 20.6. The van der Waals surface area contributed by atoms with Crippen molar-refractivity contribution in [2.24, 2.45) is 0 Å². The number of allylic oxidation sites excluding steroid dienone is 1. The Morgan fingerprint density at radius 3 is 2.28 bits per heavy atom. The molecule has 5 nitrogen and oxygen atoms in total. The molecule has 0 bridgehead atoms. The molecule has 0 unspecified atom stereocenters. The summed E-state index contributed by atoms with van der Waals surface area (Å²) in [5, 5.41) is 20.2. The number of rotatable bonds is 8. The Labute approximate surface area is 169 Å². The summed E-state index contributed by atoms with van der Waals surface area (Å²) in [6, 6.07) is 19.1. The monoisotopic (exact) mass is 390 g/mol. The van der Waals surface area contributed by atoms with Gasteiger partial charge in [0.25, 0.3) is 0 Å². The van der Waals surface area contributed by atoms with Gasteiger partial charge in [0.15, 0.2) is 5.78 Å². The largest absolute Gasteiger partial charge is 0.507 e. The van der Waals surface area contributed by atoms with Crippen molar-refractivity contribution in [2.75, 3.05) is 6.61 Å². The smallest absolute Gasteiger partial charge is 0.189 e. The van der Waals surface area contributed by atoms with Gasteiger partial charge >= 0.3 is 0 Å². The Morgan fingerprint density at radius 2 is 1.59 bits per heavy atom. The summed E-state index contributed by atoms with van der Waals surface area (Å²) in [5.74, 6) is 0.480. The normalized spacial score (nSPS) is 10.8. The second-order valence-electron chi connectivity index (χ2n) is 6.30. The number of ketones is 1. The number of aromatic hydroxyl groups is 2. The lowest BCUT2D eigenvalue weighted by Gasteiger charge is -2.08. The van der Waals surface area contributed by atoms with Gasteiger partial charge in [0.05, 0.1) is 12.2 Å². The number of hydrogen-bond acceptors (Lipinski definition) is 5. The van der Waals surface area contributed by atoms with E-state index in [-0.39, 0.29) is 22.8 Å². The lowest BCUT2D eigenvalue weighted by Crippen LogP contribution is -1.98. The summed E-state index contributed by atoms with van der Waals surface area (Å²) < 4.78 is 11.0. The minimum absolute atomic E-state index is 0.00822. The van der Waals surface area contributed by atoms with Crippen LogP contribution in [0.25, 0.3) is 6.08 Å². The van der Waals surface area contributed by atoms with Crippen LogP contribution in [0.2, 0.25) is 0 Å². The summed E-state index contributed by atoms with van der Waals surface area (Å²) >= 11 is 0. The summed E-state index contributed by atoms with van der Waals surface area (Å²) in [6.07, 6.45) is 2.79. The highest BCUT2D eigenvalue weighted by atomic mass is 16.5. The molecule has 3 rings (SSSR count). The molecule has 0 amide bonds. The third kappa shape index (κ3) is 5.39. The van der Waals surface area contributed by atoms with E-state index in [1.54, 1.807) is 18.2 Å². The van der Waals surface area contributed by atoms with Crippen molar-refractivity contribution >= 4 is 11.9 Å². The Bertz CT molecular complexity index is 1010. The predicted molar refractivity (Wildman–Crippen MR) is 112 cm³/mol. The van der Waals surface area contributed by atoms with Crippen molar-refractivity contribution in [3.63, 3.8) is 0 Å². The van der Waals surface area contributed by atoms with Gasteiger partial charge in [0, 0.05) is 17.7 Å². The molecule has 0 radical (unpaired) electrons. The van der Waals surface area contributed by atoms with Gasteiger partial charge in [-0.1, -0.05) is 30.3 Å². The van der Waals surface area contributed by atoms with Crippen molar-refractivity contribution < 1.29 is 24.5 Å². The zero-order valence-corrected chi connectivity index (χ0v) is 16.0. The summed E-state index contributed by atoms with van der Waals surface area (Å²) in [6.45, 7) is 2.72. The quantitative estimate of drug-likeness (QED) is 0.419. The molecule has 0 saturated carbocycles. The number of hydrogen-bond donors (Lipinski definition) is 2. The van der Waals surface area contributed by atoms with E-state index in [0.29, 0.717) is 30.3 Å². The van der Waals surface area contributed by atoms with Gasteiger partial charge in [0.2, 0.25) is 0 Å². The van der Waals surface area contributed by atoms with Crippen LogP contribution in [0.5, 0.6) is 23.0 Å². The lowest BCUT2D eigenvalue weighted by molar-refractivity contribution is 0.104. The van der Waals surface area contributed by atoms with Gasteiger partial charge in [-0.25, -0.2) is 0 Å². The average molecular weight is 390 g/mol. The number of benzene rings is 3. The van der Waals surface area contributed by atoms with Crippen molar-refractivity contribution in [3.05, 3.63) is 89.5 Å². The molecule has 0 aromatic heterocycles. The Hall–Kier alpha value is -3.73. The highest BCUT2D eigenvalue weighted by Gasteiger charge is 2.10. The van der Waals surface area contributed by atoms with Crippen molar-refractivity contribution in [3.8, 4) is 23.0 Å². The first-order valence-corrected chi connectivity index (χ1v) is 9.25. The molecule has 0 fully saturated rings. The number of carbonyl (C=O) groups excluding carboxylic acids is 1. The van der Waals surface area contributed by atoms with Gasteiger partial charge in [-0.05, 0) is 48.9 Å². The lowest BCUT2D eigenvalue weighted by atomic mass is 10.1. The highest BCUT2D eigenvalue weighted by molar-refractivity contribution is 6.08. The average Bonchev–Trinajstić information content (AvgIpc) is 2.72. The maximum Gasteiger partial charge on any atom is 0.189 e. The van der Waals surface area contributed by atoms with Crippen molar-refractivity contribution in [1.82, 2.24) is 0 Å². The number of phenolic OH excluding ortho intramolecular Hbond substituents is 2. The fourth-order valence-corrected chi connectivity index (χ4v) is 2.73. The molecule has 0 aliphatic heterocycles. The van der Waals surface area contributed by atoms with Crippen LogP contribution in [-0.4, -0.2) is 22.6 Å². The minimum Gasteiger partial charge on any atom is -0.507 e. The Kier molecular flexibility index (Phi) is 6.53. The third-order valence-corrected chi connectivity index (χ3v) is 4.21. The van der Waals surface area contributed by atoms with Crippen LogP contribution in [0.4, 0.5) is 0 Å². The summed E-state index contributed by atoms with van der Waals surface area (Å²) in [4.78, 5) is 12.4. The van der Waals surface area contributed by atoms with E-state index in [1.165, 1.54) is 30.4 Å². The van der Waals surface area contributed by atoms with Crippen LogP contribution >= 0.6 is 0 Å². The molecule has 3 aromatic carbocycles. The first-order valence-electron chi connectivity index (χ1n) is 9.25. The molecule has 3 aromatic rings. The molecule has 148 valence electrons. The van der Waals surface area contributed by atoms with E-state index in [4.69, 9.17) is 9.47 Å². The van der Waals surface area contributed by atoms with Crippen LogP contribution in [0.1, 0.15) is 28.4 Å². The molecule has 0 saturated heterocycles. The summed E-state index contributed by atoms with van der Waals surface area (Å²) in [7, 11) is 0. The maximum atomic E-state index is 12.4. The fourth-order valence-electron chi connectivity index (χ4n) is 2.73. The molecular formula is C24H22O5. The molecule has 0 heterocycles. The van der Waals surface area contributed by atoms with Crippen LogP contribution in [-0.2, 0) is 6.61 Å². The van der Waals surface area contributed by atoms with Gasteiger partial charge in [-0.15, -0.1) is 0 Å². The molecule has 0 aliphatic carbocycles. The van der Waals surface area contributed by atoms with Crippen LogP contribution in [0.15, 0.2) is 72.8 Å². The maximum absolute atomic E-state index is 12.4. The highest BCUT2D eigenvalue weighted by Crippen LogP contribution is 2.27. The van der Waals surface area contributed by atoms with Crippen LogP contribution in [0.3, 0.4) is 0 Å². The van der Waals surface area contributed by atoms with E-state index in [0.717, 1.165) is 5.56 Å². The first kappa shape index (κ1) is 20.0. The van der Waals surface area contributed by atoms with Crippen LogP contribution in [0, 0.1) is 0 Å². The Morgan fingerprint density at radius 1 is 0.897 bits per heavy atom. The third-order valence-electron chi connectivity index (χ3n) is 4.21. The summed E-state index contributed by atoms with van der Waals surface area (Å²) in [5.41, 5.74) is 1.63. The number of carbonyl (C=O) groups is 1. The van der Waals surface area contributed by atoms with E-state index in [1.807, 2.05) is 37.3 Å². The van der Waals surface area contributed by atoms with Gasteiger partial charge in [-0.2, -0.15) is 0 Å². The predicted octanol–water partition coefficient (Wildman–Crippen LogP) is 4.97. The SMILES string of the molecule is CCOc1ccc(C=CC(=O)c2ccc(OCc3ccccc3)cc2O)c(O)c1. The zero-order valence-electron chi connectivity index (χ0n) is 16.0. The molecule has 0 spiro atoms. The molecule has 5 heteroatoms. The molecule has 0 aliphatic rings. The van der Waals surface area contributed by atoms with E-state index in [9.17, 15) is 15.0 Å². The number of ether oxygens (including phenoxy) is 2. The molecular weight excluding hydrogens is 368 g/mol. The second kappa shape index (κ2) is 9.46. The van der Waals surface area contributed by atoms with Crippen molar-refractivity contribution in [2.45, 2.75) is 13.5 Å². The van der Waals surface area contributed by atoms with E-state index < -0.39 is 0 Å². The van der Waals surface area contributed by atoms with E-state index in [2.05, 4.69) is 0 Å². The fraction of sp³-hybridized carbons (Fsp3) is 0.125. The van der Waals surface area contributed by atoms with Gasteiger partial charge in [-0.3, -0.25) is 4.79 Å². The first-order chi connectivity index (χ1) is 14.1. The molecule has 2 N–H and O–H groups in total. The molecule has 0 atom stereocenters. The standard InChI is InChI=1S/C24H22O5/c1-2-28-19-10-8-18(23(26)14-19)9-13-22(25)21-12-11-20(15-24(21)27)29-16-17-6-4-3-5-7-17/h3-15,26-27H,2,16H2,1H3. The van der Waals surface area contributed by atoms with Gasteiger partial charge in [0.1, 0.15) is 29.6 Å². The van der Waals surface area contributed by atoms with Crippen molar-refractivity contribution in [1.29, 1.82) is 0 Å². The minimum atomic E-state index is -0.384. The van der Waals surface area contributed by atoms with Gasteiger partial charge < -0.3 is 19.7 Å². The van der Waals surface area contributed by atoms with E-state index >= 15 is 0 Å². The van der Waals surface area contributed by atoms with Crippen LogP contribution < -0.4 is 9.47 Å². The molecule has 29 heavy (non-hydrogen) atoms. The second-order valence-corrected chi connectivity index (χ2v) is 6.30.